The summed E-state index contributed by atoms with van der Waals surface area (Å²) in [4.78, 5) is 2.04. The van der Waals surface area contributed by atoms with E-state index >= 15 is 0 Å². The van der Waals surface area contributed by atoms with E-state index in [2.05, 4.69) is 5.16 Å². The number of aliphatic hydroxyl groups is 1. The zero-order valence-electron chi connectivity index (χ0n) is 11.6. The fourth-order valence-corrected chi connectivity index (χ4v) is 1.70. The molecule has 4 heteroatoms. The van der Waals surface area contributed by atoms with E-state index in [4.69, 9.17) is 4.52 Å². The van der Waals surface area contributed by atoms with Crippen LogP contribution in [0.4, 0.5) is 0 Å². The number of benzene rings is 1. The van der Waals surface area contributed by atoms with Crippen molar-refractivity contribution in [1.82, 2.24) is 10.1 Å². The Morgan fingerprint density at radius 1 is 1.26 bits per heavy atom. The molecular formula is C15H20N2O2. The van der Waals surface area contributed by atoms with Crippen molar-refractivity contribution in [3.05, 3.63) is 42.2 Å². The minimum Gasteiger partial charge on any atom is -0.394 e. The number of nitrogens with zero attached hydrogens (tertiary/aromatic N) is 2. The largest absolute Gasteiger partial charge is 0.394 e. The average molecular weight is 260 g/mol. The topological polar surface area (TPSA) is 49.5 Å². The summed E-state index contributed by atoms with van der Waals surface area (Å²) < 4.78 is 5.36. The molecule has 2 rings (SSSR count). The third-order valence-corrected chi connectivity index (χ3v) is 3.44. The van der Waals surface area contributed by atoms with Crippen LogP contribution in [0.3, 0.4) is 0 Å². The van der Waals surface area contributed by atoms with Crippen LogP contribution in [0.2, 0.25) is 0 Å². The zero-order valence-corrected chi connectivity index (χ0v) is 11.6. The zero-order chi connectivity index (χ0) is 13.9. The van der Waals surface area contributed by atoms with Crippen LogP contribution in [-0.2, 0) is 6.54 Å². The van der Waals surface area contributed by atoms with Gasteiger partial charge in [0.15, 0.2) is 5.76 Å². The molecular weight excluding hydrogens is 240 g/mol. The Labute approximate surface area is 113 Å². The molecule has 4 nitrogen and oxygen atoms in total. The molecule has 0 radical (unpaired) electrons. The van der Waals surface area contributed by atoms with Crippen LogP contribution in [0.5, 0.6) is 0 Å². The molecule has 0 aliphatic rings. The molecule has 0 atom stereocenters. The van der Waals surface area contributed by atoms with Gasteiger partial charge in [-0.3, -0.25) is 4.90 Å². The number of aliphatic hydroxyl groups excluding tert-OH is 1. The Morgan fingerprint density at radius 3 is 2.58 bits per heavy atom. The van der Waals surface area contributed by atoms with Crippen LogP contribution in [0.25, 0.3) is 11.3 Å². The summed E-state index contributed by atoms with van der Waals surface area (Å²) in [6.45, 7) is 4.69. The first kappa shape index (κ1) is 13.8. The highest BCUT2D eigenvalue weighted by atomic mass is 16.5. The molecule has 0 unspecified atom stereocenters. The highest BCUT2D eigenvalue weighted by molar-refractivity contribution is 5.58. The molecule has 0 amide bonds. The van der Waals surface area contributed by atoms with Gasteiger partial charge in [-0.25, -0.2) is 0 Å². The first-order chi connectivity index (χ1) is 9.03. The quantitative estimate of drug-likeness (QED) is 0.897. The second-order valence-electron chi connectivity index (χ2n) is 5.37. The molecule has 0 aliphatic carbocycles. The molecule has 1 aromatic heterocycles. The van der Waals surface area contributed by atoms with Crippen LogP contribution in [0.1, 0.15) is 19.6 Å². The van der Waals surface area contributed by atoms with Gasteiger partial charge in [0, 0.05) is 17.2 Å². The summed E-state index contributed by atoms with van der Waals surface area (Å²) in [5.74, 6) is 0.794. The molecule has 0 saturated carbocycles. The van der Waals surface area contributed by atoms with Crippen LogP contribution in [0, 0.1) is 0 Å². The molecule has 2 aromatic rings. The average Bonchev–Trinajstić information content (AvgIpc) is 2.88. The third-order valence-electron chi connectivity index (χ3n) is 3.44. The van der Waals surface area contributed by atoms with Crippen molar-refractivity contribution >= 4 is 0 Å². The minimum absolute atomic E-state index is 0.100. The Bertz CT molecular complexity index is 520. The van der Waals surface area contributed by atoms with Crippen molar-refractivity contribution in [3.63, 3.8) is 0 Å². The van der Waals surface area contributed by atoms with Gasteiger partial charge in [0.25, 0.3) is 0 Å². The summed E-state index contributed by atoms with van der Waals surface area (Å²) in [6.07, 6.45) is 0. The summed E-state index contributed by atoms with van der Waals surface area (Å²) in [5, 5.41) is 13.4. The van der Waals surface area contributed by atoms with Crippen molar-refractivity contribution in [1.29, 1.82) is 0 Å². The number of aromatic nitrogens is 1. The molecule has 0 saturated heterocycles. The van der Waals surface area contributed by atoms with Crippen molar-refractivity contribution < 1.29 is 9.63 Å². The molecule has 0 aliphatic heterocycles. The first-order valence-corrected chi connectivity index (χ1v) is 6.36. The van der Waals surface area contributed by atoms with Crippen molar-refractivity contribution in [2.24, 2.45) is 0 Å². The van der Waals surface area contributed by atoms with E-state index in [9.17, 15) is 5.11 Å². The van der Waals surface area contributed by atoms with Crippen molar-refractivity contribution in [2.75, 3.05) is 13.7 Å². The number of hydrogen-bond donors (Lipinski definition) is 1. The van der Waals surface area contributed by atoms with Gasteiger partial charge in [-0.15, -0.1) is 0 Å². The molecule has 0 fully saturated rings. The highest BCUT2D eigenvalue weighted by Gasteiger charge is 2.23. The van der Waals surface area contributed by atoms with Gasteiger partial charge in [0.05, 0.1) is 13.2 Å². The van der Waals surface area contributed by atoms with E-state index in [1.54, 1.807) is 0 Å². The van der Waals surface area contributed by atoms with Crippen LogP contribution in [0.15, 0.2) is 40.9 Å². The standard InChI is InChI=1S/C15H20N2O2/c1-15(2,11-18)17(3)10-13-9-14(16-19-13)12-7-5-4-6-8-12/h4-9,18H,10-11H2,1-3H3. The number of hydrogen-bond acceptors (Lipinski definition) is 4. The van der Waals surface area contributed by atoms with E-state index in [0.29, 0.717) is 6.54 Å². The summed E-state index contributed by atoms with van der Waals surface area (Å²) in [6, 6.07) is 11.9. The Kier molecular flexibility index (Phi) is 4.02. The van der Waals surface area contributed by atoms with Gasteiger partial charge in [-0.05, 0) is 20.9 Å². The summed E-state index contributed by atoms with van der Waals surface area (Å²) >= 11 is 0. The number of rotatable bonds is 5. The van der Waals surface area contributed by atoms with E-state index in [-0.39, 0.29) is 12.1 Å². The lowest BCUT2D eigenvalue weighted by molar-refractivity contribution is 0.0666. The molecule has 0 spiro atoms. The van der Waals surface area contributed by atoms with Gasteiger partial charge < -0.3 is 9.63 Å². The number of likely N-dealkylation sites (N-methyl/N-ethyl adjacent to an activating group) is 1. The van der Waals surface area contributed by atoms with Gasteiger partial charge in [0.2, 0.25) is 0 Å². The lowest BCUT2D eigenvalue weighted by Crippen LogP contribution is -2.43. The maximum atomic E-state index is 9.34. The van der Waals surface area contributed by atoms with E-state index in [0.717, 1.165) is 17.0 Å². The van der Waals surface area contributed by atoms with Crippen LogP contribution in [-0.4, -0.2) is 34.4 Å². The third kappa shape index (κ3) is 3.22. The van der Waals surface area contributed by atoms with E-state index < -0.39 is 0 Å². The first-order valence-electron chi connectivity index (χ1n) is 6.36. The SMILES string of the molecule is CN(Cc1cc(-c2ccccc2)no1)C(C)(C)CO. The Morgan fingerprint density at radius 2 is 1.95 bits per heavy atom. The fourth-order valence-electron chi connectivity index (χ4n) is 1.70. The fraction of sp³-hybridized carbons (Fsp3) is 0.400. The highest BCUT2D eigenvalue weighted by Crippen LogP contribution is 2.21. The normalized spacial score (nSPS) is 12.1. The maximum absolute atomic E-state index is 9.34. The van der Waals surface area contributed by atoms with E-state index in [1.807, 2.05) is 62.2 Å². The van der Waals surface area contributed by atoms with Gasteiger partial charge in [-0.2, -0.15) is 0 Å². The predicted octanol–water partition coefficient (Wildman–Crippen LogP) is 2.54. The molecule has 1 aromatic carbocycles. The van der Waals surface area contributed by atoms with Gasteiger partial charge >= 0.3 is 0 Å². The smallest absolute Gasteiger partial charge is 0.151 e. The predicted molar refractivity (Wildman–Crippen MR) is 74.6 cm³/mol. The minimum atomic E-state index is -0.278. The van der Waals surface area contributed by atoms with E-state index in [1.165, 1.54) is 0 Å². The lowest BCUT2D eigenvalue weighted by atomic mass is 10.1. The van der Waals surface area contributed by atoms with Gasteiger partial charge in [-0.1, -0.05) is 35.5 Å². The summed E-state index contributed by atoms with van der Waals surface area (Å²) in [7, 11) is 1.96. The monoisotopic (exact) mass is 260 g/mol. The lowest BCUT2D eigenvalue weighted by Gasteiger charge is -2.32. The van der Waals surface area contributed by atoms with Crippen LogP contribution >= 0.6 is 0 Å². The molecule has 102 valence electrons. The Balaban J connectivity index is 2.10. The second kappa shape index (κ2) is 5.55. The molecule has 0 bridgehead atoms. The summed E-state index contributed by atoms with van der Waals surface area (Å²) in [5.41, 5.74) is 1.60. The van der Waals surface area contributed by atoms with Crippen molar-refractivity contribution in [2.45, 2.75) is 25.9 Å². The van der Waals surface area contributed by atoms with Gasteiger partial charge in [0.1, 0.15) is 5.69 Å². The van der Waals surface area contributed by atoms with Crippen LogP contribution < -0.4 is 0 Å². The molecule has 1 N–H and O–H groups in total. The Hall–Kier alpha value is -1.65. The second-order valence-corrected chi connectivity index (χ2v) is 5.37. The van der Waals surface area contributed by atoms with Crippen molar-refractivity contribution in [3.8, 4) is 11.3 Å². The molecule has 1 heterocycles. The maximum Gasteiger partial charge on any atom is 0.151 e. The molecule has 19 heavy (non-hydrogen) atoms.